The molecule has 8 rings (SSSR count). The number of piperidine rings is 2. The molecule has 12 nitrogen and oxygen atoms in total. The zero-order valence-electron chi connectivity index (χ0n) is 33.4. The quantitative estimate of drug-likeness (QED) is 0.230. The molecule has 5 aliphatic rings. The summed E-state index contributed by atoms with van der Waals surface area (Å²) in [5.41, 5.74) is 3.96. The Bertz CT molecular complexity index is 2200. The van der Waals surface area contributed by atoms with Crippen molar-refractivity contribution in [2.75, 3.05) is 73.6 Å². The average molecular weight is 827 g/mol. The number of benzene rings is 3. The minimum Gasteiger partial charge on any atom is -0.369 e. The zero-order chi connectivity index (χ0) is 41.5. The Balaban J connectivity index is 0.794. The van der Waals surface area contributed by atoms with Crippen molar-refractivity contribution in [3.63, 3.8) is 0 Å². The lowest BCUT2D eigenvalue weighted by atomic mass is 9.95. The van der Waals surface area contributed by atoms with E-state index in [0.717, 1.165) is 51.3 Å². The number of hydrogen-bond acceptors (Lipinski definition) is 8. The Labute approximate surface area is 348 Å². The summed E-state index contributed by atoms with van der Waals surface area (Å²) in [6.45, 7) is 17.9. The van der Waals surface area contributed by atoms with E-state index >= 15 is 8.78 Å². The van der Waals surface area contributed by atoms with Gasteiger partial charge in [-0.25, -0.2) is 13.6 Å². The molecule has 5 aliphatic heterocycles. The molecule has 0 unspecified atom stereocenters. The van der Waals surface area contributed by atoms with Crippen molar-refractivity contribution in [1.82, 2.24) is 20.0 Å². The number of carbonyl (C=O) groups is 4. The Morgan fingerprint density at radius 2 is 1.58 bits per heavy atom. The fourth-order valence-electron chi connectivity index (χ4n) is 9.50. The number of nitrogens with one attached hydrogen (secondary N) is 1. The Morgan fingerprint density at radius 3 is 2.27 bits per heavy atom. The van der Waals surface area contributed by atoms with Crippen LogP contribution in [0.4, 0.5) is 31.5 Å². The molecular weight excluding hydrogens is 778 g/mol. The zero-order valence-corrected chi connectivity index (χ0v) is 34.2. The molecule has 5 heterocycles. The van der Waals surface area contributed by atoms with E-state index in [0.29, 0.717) is 65.3 Å². The highest BCUT2D eigenvalue weighted by atomic mass is 35.5. The minimum absolute atomic E-state index is 0.0357. The standard InChI is InChI=1S/C44H49ClF2N8O4/c1-27-24-54(28(2)23-53(27)32-5-6-37(48-3)34(45)21-32)42(57)19-30-4-7-38(35(46)18-30)51-12-10-29(11-13-51)25-50-14-16-52(17-15-50)40-20-31-26-55(44(59)33(31)22-36(40)47)39-8-9-41(56)49-43(39)58/h4-7,18,20-22,27-29,39H,8-17,19,23-26H2,1-2H3,(H,49,56,58)/t27-,28+,39-/m0/s1. The number of nitrogens with zero attached hydrogens (tertiary/aromatic N) is 7. The molecule has 1 N–H and O–H groups in total. The van der Waals surface area contributed by atoms with Crippen molar-refractivity contribution in [2.45, 2.75) is 70.6 Å². The van der Waals surface area contributed by atoms with Crippen LogP contribution in [0.5, 0.6) is 0 Å². The average Bonchev–Trinajstić information content (AvgIpc) is 3.53. The second-order valence-corrected chi connectivity index (χ2v) is 17.1. The molecule has 3 aromatic rings. The van der Waals surface area contributed by atoms with Gasteiger partial charge in [-0.05, 0) is 86.6 Å². The SMILES string of the molecule is [C-]#[N+]c1ccc(N2C[C@@H](C)N(C(=O)Cc3ccc(N4CCC(CN5CCN(c6cc7c(cc6F)C(=O)N([C@H]6CCC(=O)NC6=O)C7)CC5)CC4)c(F)c3)C[C@@H]2C)cc1Cl. The normalized spacial score (nSPS) is 23.1. The van der Waals surface area contributed by atoms with Gasteiger partial charge in [0.05, 0.1) is 24.4 Å². The Morgan fingerprint density at radius 1 is 0.847 bits per heavy atom. The molecule has 4 fully saturated rings. The van der Waals surface area contributed by atoms with Crippen molar-refractivity contribution in [3.8, 4) is 0 Å². The molecular formula is C44H49ClF2N8O4. The van der Waals surface area contributed by atoms with E-state index in [1.165, 1.54) is 17.0 Å². The molecule has 15 heteroatoms. The number of piperazine rings is 2. The van der Waals surface area contributed by atoms with E-state index in [-0.39, 0.29) is 67.0 Å². The first-order valence-electron chi connectivity index (χ1n) is 20.6. The summed E-state index contributed by atoms with van der Waals surface area (Å²) in [6, 6.07) is 12.9. The number of rotatable bonds is 8. The Kier molecular flexibility index (Phi) is 11.5. The number of anilines is 3. The summed E-state index contributed by atoms with van der Waals surface area (Å²) in [5.74, 6) is -1.57. The molecule has 0 aliphatic carbocycles. The number of halogens is 3. The maximum absolute atomic E-state index is 15.6. The van der Waals surface area contributed by atoms with Crippen LogP contribution in [0.15, 0.2) is 48.5 Å². The van der Waals surface area contributed by atoms with Gasteiger partial charge in [-0.1, -0.05) is 23.7 Å². The van der Waals surface area contributed by atoms with Gasteiger partial charge in [0.25, 0.3) is 5.91 Å². The van der Waals surface area contributed by atoms with Crippen LogP contribution in [-0.4, -0.2) is 115 Å². The van der Waals surface area contributed by atoms with Gasteiger partial charge in [-0.2, -0.15) is 0 Å². The summed E-state index contributed by atoms with van der Waals surface area (Å²) in [6.07, 6.45) is 2.40. The molecule has 310 valence electrons. The van der Waals surface area contributed by atoms with Crippen LogP contribution < -0.4 is 20.0 Å². The van der Waals surface area contributed by atoms with E-state index in [1.807, 2.05) is 34.9 Å². The van der Waals surface area contributed by atoms with E-state index in [1.54, 1.807) is 18.2 Å². The lowest BCUT2D eigenvalue weighted by Crippen LogP contribution is -2.58. The van der Waals surface area contributed by atoms with Gasteiger partial charge < -0.3 is 24.5 Å². The van der Waals surface area contributed by atoms with Gasteiger partial charge >= 0.3 is 0 Å². The van der Waals surface area contributed by atoms with Crippen LogP contribution >= 0.6 is 11.6 Å². The number of hydrogen-bond donors (Lipinski definition) is 1. The summed E-state index contributed by atoms with van der Waals surface area (Å²) in [7, 11) is 0. The predicted molar refractivity (Wildman–Crippen MR) is 222 cm³/mol. The first-order valence-corrected chi connectivity index (χ1v) is 21.0. The molecule has 0 saturated carbocycles. The Hall–Kier alpha value is -5.26. The maximum Gasteiger partial charge on any atom is 0.255 e. The van der Waals surface area contributed by atoms with Crippen LogP contribution in [0.1, 0.15) is 61.0 Å². The van der Waals surface area contributed by atoms with Gasteiger partial charge in [0, 0.05) is 100 Å². The molecule has 0 bridgehead atoms. The monoisotopic (exact) mass is 826 g/mol. The maximum atomic E-state index is 15.6. The van der Waals surface area contributed by atoms with Crippen LogP contribution in [0, 0.1) is 24.1 Å². The third-order valence-electron chi connectivity index (χ3n) is 12.8. The van der Waals surface area contributed by atoms with Crippen molar-refractivity contribution in [2.24, 2.45) is 5.92 Å². The summed E-state index contributed by atoms with van der Waals surface area (Å²) in [5, 5.41) is 2.72. The van der Waals surface area contributed by atoms with Crippen molar-refractivity contribution < 1.29 is 28.0 Å². The highest BCUT2D eigenvalue weighted by Crippen LogP contribution is 2.35. The lowest BCUT2D eigenvalue weighted by Gasteiger charge is -2.45. The summed E-state index contributed by atoms with van der Waals surface area (Å²) >= 11 is 6.31. The van der Waals surface area contributed by atoms with Gasteiger partial charge in [-0.15, -0.1) is 0 Å². The van der Waals surface area contributed by atoms with Crippen molar-refractivity contribution in [3.05, 3.63) is 93.3 Å². The number of carbonyl (C=O) groups excluding carboxylic acids is 4. The molecule has 0 aromatic heterocycles. The van der Waals surface area contributed by atoms with E-state index in [4.69, 9.17) is 18.2 Å². The third-order valence-corrected chi connectivity index (χ3v) is 13.1. The summed E-state index contributed by atoms with van der Waals surface area (Å²) in [4.78, 5) is 66.2. The van der Waals surface area contributed by atoms with E-state index in [2.05, 4.69) is 31.8 Å². The largest absolute Gasteiger partial charge is 0.369 e. The highest BCUT2D eigenvalue weighted by Gasteiger charge is 2.40. The molecule has 59 heavy (non-hydrogen) atoms. The third kappa shape index (κ3) is 8.32. The number of imide groups is 1. The molecule has 4 saturated heterocycles. The molecule has 3 atom stereocenters. The lowest BCUT2D eigenvalue weighted by molar-refractivity contribution is -0.137. The summed E-state index contributed by atoms with van der Waals surface area (Å²) < 4.78 is 31.0. The fraction of sp³-hybridized carbons (Fsp3) is 0.477. The number of amides is 4. The number of fused-ring (bicyclic) bond motifs is 1. The van der Waals surface area contributed by atoms with Crippen molar-refractivity contribution >= 4 is 58.0 Å². The van der Waals surface area contributed by atoms with Crippen LogP contribution in [0.2, 0.25) is 5.02 Å². The van der Waals surface area contributed by atoms with Gasteiger partial charge in [0.15, 0.2) is 0 Å². The van der Waals surface area contributed by atoms with Gasteiger partial charge in [-0.3, -0.25) is 29.4 Å². The topological polar surface area (TPSA) is 104 Å². The van der Waals surface area contributed by atoms with Gasteiger partial charge in [0.2, 0.25) is 23.4 Å². The smallest absolute Gasteiger partial charge is 0.255 e. The predicted octanol–water partition coefficient (Wildman–Crippen LogP) is 5.64. The second kappa shape index (κ2) is 16.8. The molecule has 0 spiro atoms. The van der Waals surface area contributed by atoms with E-state index < -0.39 is 17.8 Å². The van der Waals surface area contributed by atoms with Crippen LogP contribution in [0.25, 0.3) is 4.85 Å². The second-order valence-electron chi connectivity index (χ2n) is 16.7. The molecule has 4 amide bonds. The minimum atomic E-state index is -0.742. The first kappa shape index (κ1) is 40.5. The highest BCUT2D eigenvalue weighted by molar-refractivity contribution is 6.33. The first-order chi connectivity index (χ1) is 28.4. The fourth-order valence-corrected chi connectivity index (χ4v) is 9.72. The molecule has 3 aromatic carbocycles. The van der Waals surface area contributed by atoms with E-state index in [9.17, 15) is 19.2 Å². The van der Waals surface area contributed by atoms with Crippen LogP contribution in [0.3, 0.4) is 0 Å². The molecule has 0 radical (unpaired) electrons. The van der Waals surface area contributed by atoms with Crippen LogP contribution in [-0.2, 0) is 27.3 Å². The van der Waals surface area contributed by atoms with Crippen molar-refractivity contribution in [1.29, 1.82) is 0 Å². The van der Waals surface area contributed by atoms with Gasteiger partial charge in [0.1, 0.15) is 17.7 Å².